The van der Waals surface area contributed by atoms with E-state index in [0.717, 1.165) is 24.3 Å². The number of carbonyl (C=O) groups excluding carboxylic acids is 1. The Morgan fingerprint density at radius 2 is 2.00 bits per heavy atom. The molecule has 1 aliphatic rings. The molecule has 4 nitrogen and oxygen atoms in total. The van der Waals surface area contributed by atoms with Gasteiger partial charge in [0.25, 0.3) is 0 Å². The molecule has 24 heavy (non-hydrogen) atoms. The molecule has 1 fully saturated rings. The van der Waals surface area contributed by atoms with E-state index in [0.29, 0.717) is 0 Å². The maximum Gasteiger partial charge on any atom is 0.238 e. The predicted octanol–water partition coefficient (Wildman–Crippen LogP) is 4.04. The molecule has 2 rings (SSSR count). The fourth-order valence-electron chi connectivity index (χ4n) is 2.94. The van der Waals surface area contributed by atoms with Gasteiger partial charge < -0.3 is 5.32 Å². The lowest BCUT2D eigenvalue weighted by molar-refractivity contribution is -0.122. The molecule has 2 N–H and O–H groups in total. The number of hydrogen-bond donors (Lipinski definition) is 2. The maximum absolute atomic E-state index is 12.2. The van der Waals surface area contributed by atoms with Gasteiger partial charge in [0.2, 0.25) is 5.91 Å². The number of hydrogen-bond acceptors (Lipinski definition) is 4. The fraction of sp³-hybridized carbons (Fsp3) is 0.684. The van der Waals surface area contributed by atoms with Gasteiger partial charge in [0, 0.05) is 24.7 Å². The summed E-state index contributed by atoms with van der Waals surface area (Å²) < 4.78 is 0. The Morgan fingerprint density at radius 1 is 1.25 bits per heavy atom. The average Bonchev–Trinajstić information content (AvgIpc) is 3.11. The van der Waals surface area contributed by atoms with E-state index in [-0.39, 0.29) is 17.3 Å². The topological polar surface area (TPSA) is 54.0 Å². The van der Waals surface area contributed by atoms with E-state index in [1.54, 1.807) is 18.0 Å². The molecule has 0 radical (unpaired) electrons. The van der Waals surface area contributed by atoms with Crippen LogP contribution in [0.25, 0.3) is 0 Å². The van der Waals surface area contributed by atoms with Gasteiger partial charge in [0.05, 0.1) is 11.4 Å². The maximum atomic E-state index is 12.2. The van der Waals surface area contributed by atoms with Gasteiger partial charge in [-0.15, -0.1) is 11.8 Å². The standard InChI is InChI=1S/C19H31N3OS/c1-2-3-4-5-6-7-8-9-13-21-18(23)17-15-24-19(22-17)16-11-10-12-20-14-16/h10-12,14,17,19,22H,2-9,13,15H2,1H3,(H,21,23). The highest BCUT2D eigenvalue weighted by Gasteiger charge is 2.30. The minimum absolute atomic E-state index is 0.0887. The van der Waals surface area contributed by atoms with Crippen molar-refractivity contribution in [3.8, 4) is 0 Å². The van der Waals surface area contributed by atoms with Crippen LogP contribution >= 0.6 is 11.8 Å². The second-order valence-corrected chi connectivity index (χ2v) is 7.62. The van der Waals surface area contributed by atoms with Crippen LogP contribution in [0.15, 0.2) is 24.5 Å². The van der Waals surface area contributed by atoms with Gasteiger partial charge in [-0.2, -0.15) is 0 Å². The number of aromatic nitrogens is 1. The number of carbonyl (C=O) groups is 1. The van der Waals surface area contributed by atoms with E-state index in [2.05, 4.69) is 28.6 Å². The highest BCUT2D eigenvalue weighted by Crippen LogP contribution is 2.32. The van der Waals surface area contributed by atoms with Crippen molar-refractivity contribution in [2.75, 3.05) is 12.3 Å². The third-order valence-electron chi connectivity index (χ3n) is 4.42. The number of unbranched alkanes of at least 4 members (excludes halogenated alkanes) is 7. The van der Waals surface area contributed by atoms with Crippen LogP contribution in [0.4, 0.5) is 0 Å². The van der Waals surface area contributed by atoms with E-state index in [9.17, 15) is 4.79 Å². The summed E-state index contributed by atoms with van der Waals surface area (Å²) in [5, 5.41) is 6.65. The van der Waals surface area contributed by atoms with Crippen molar-refractivity contribution < 1.29 is 4.79 Å². The molecule has 0 bridgehead atoms. The van der Waals surface area contributed by atoms with Crippen LogP contribution in [0.3, 0.4) is 0 Å². The van der Waals surface area contributed by atoms with E-state index < -0.39 is 0 Å². The lowest BCUT2D eigenvalue weighted by Crippen LogP contribution is -2.42. The molecular formula is C19H31N3OS. The predicted molar refractivity (Wildman–Crippen MR) is 102 cm³/mol. The van der Waals surface area contributed by atoms with Crippen LogP contribution < -0.4 is 10.6 Å². The molecule has 0 saturated carbocycles. The Bertz CT molecular complexity index is 469. The number of rotatable bonds is 11. The molecule has 1 aromatic rings. The molecule has 2 atom stereocenters. The minimum Gasteiger partial charge on any atom is -0.355 e. The second kappa shape index (κ2) is 11.5. The first-order valence-electron chi connectivity index (χ1n) is 9.36. The minimum atomic E-state index is -0.0887. The normalized spacial score (nSPS) is 20.2. The SMILES string of the molecule is CCCCCCCCCCNC(=O)C1CSC(c2cccnc2)N1. The van der Waals surface area contributed by atoms with Crippen LogP contribution in [-0.4, -0.2) is 29.2 Å². The molecule has 1 aromatic heterocycles. The van der Waals surface area contributed by atoms with Crippen LogP contribution in [0.2, 0.25) is 0 Å². The number of thioether (sulfide) groups is 1. The molecular weight excluding hydrogens is 318 g/mol. The Kier molecular flexibility index (Phi) is 9.21. The Morgan fingerprint density at radius 3 is 2.71 bits per heavy atom. The third kappa shape index (κ3) is 6.81. The first kappa shape index (κ1) is 19.3. The Balaban J connectivity index is 1.52. The number of nitrogens with zero attached hydrogens (tertiary/aromatic N) is 1. The van der Waals surface area contributed by atoms with Crippen molar-refractivity contribution in [2.45, 2.75) is 69.7 Å². The summed E-state index contributed by atoms with van der Waals surface area (Å²) in [6.07, 6.45) is 14.0. The molecule has 1 aliphatic heterocycles. The van der Waals surface area contributed by atoms with E-state index in [1.807, 2.05) is 12.3 Å². The highest BCUT2D eigenvalue weighted by atomic mass is 32.2. The first-order valence-corrected chi connectivity index (χ1v) is 10.4. The lowest BCUT2D eigenvalue weighted by atomic mass is 10.1. The van der Waals surface area contributed by atoms with Gasteiger partial charge >= 0.3 is 0 Å². The summed E-state index contributed by atoms with van der Waals surface area (Å²) >= 11 is 1.78. The Labute approximate surface area is 150 Å². The van der Waals surface area contributed by atoms with Gasteiger partial charge in [0.15, 0.2) is 0 Å². The zero-order valence-corrected chi connectivity index (χ0v) is 15.6. The van der Waals surface area contributed by atoms with Crippen molar-refractivity contribution in [1.82, 2.24) is 15.6 Å². The lowest BCUT2D eigenvalue weighted by Gasteiger charge is -2.13. The monoisotopic (exact) mass is 349 g/mol. The van der Waals surface area contributed by atoms with Gasteiger partial charge in [-0.3, -0.25) is 15.1 Å². The molecule has 5 heteroatoms. The van der Waals surface area contributed by atoms with Gasteiger partial charge in [-0.25, -0.2) is 0 Å². The van der Waals surface area contributed by atoms with Crippen LogP contribution in [0.1, 0.15) is 69.2 Å². The highest BCUT2D eigenvalue weighted by molar-refractivity contribution is 7.99. The summed E-state index contributed by atoms with van der Waals surface area (Å²) in [4.78, 5) is 16.4. The number of amides is 1. The Hall–Kier alpha value is -1.07. The molecule has 2 heterocycles. The molecule has 2 unspecified atom stereocenters. The molecule has 0 aliphatic carbocycles. The zero-order chi connectivity index (χ0) is 17.0. The van der Waals surface area contributed by atoms with Gasteiger partial charge in [-0.1, -0.05) is 57.9 Å². The molecule has 134 valence electrons. The third-order valence-corrected chi connectivity index (χ3v) is 5.68. The summed E-state index contributed by atoms with van der Waals surface area (Å²) in [5.41, 5.74) is 1.14. The molecule has 1 saturated heterocycles. The van der Waals surface area contributed by atoms with Crippen molar-refractivity contribution in [3.05, 3.63) is 30.1 Å². The number of pyridine rings is 1. The molecule has 0 spiro atoms. The van der Waals surface area contributed by atoms with Crippen molar-refractivity contribution in [3.63, 3.8) is 0 Å². The zero-order valence-electron chi connectivity index (χ0n) is 14.8. The van der Waals surface area contributed by atoms with Crippen molar-refractivity contribution in [1.29, 1.82) is 0 Å². The quantitative estimate of drug-likeness (QED) is 0.592. The van der Waals surface area contributed by atoms with Crippen molar-refractivity contribution >= 4 is 17.7 Å². The van der Waals surface area contributed by atoms with E-state index >= 15 is 0 Å². The van der Waals surface area contributed by atoms with Gasteiger partial charge in [-0.05, 0) is 18.1 Å². The van der Waals surface area contributed by atoms with E-state index in [4.69, 9.17) is 0 Å². The fourth-order valence-corrected chi connectivity index (χ4v) is 4.16. The van der Waals surface area contributed by atoms with E-state index in [1.165, 1.54) is 44.9 Å². The average molecular weight is 350 g/mol. The van der Waals surface area contributed by atoms with Crippen LogP contribution in [0.5, 0.6) is 0 Å². The summed E-state index contributed by atoms with van der Waals surface area (Å²) in [7, 11) is 0. The summed E-state index contributed by atoms with van der Waals surface area (Å²) in [5.74, 6) is 0.958. The first-order chi connectivity index (χ1) is 11.8. The summed E-state index contributed by atoms with van der Waals surface area (Å²) in [6.45, 7) is 3.05. The largest absolute Gasteiger partial charge is 0.355 e. The van der Waals surface area contributed by atoms with Crippen molar-refractivity contribution in [2.24, 2.45) is 0 Å². The molecule has 1 amide bonds. The van der Waals surface area contributed by atoms with Gasteiger partial charge in [0.1, 0.15) is 0 Å². The summed E-state index contributed by atoms with van der Waals surface area (Å²) in [6, 6.07) is 3.90. The second-order valence-electron chi connectivity index (χ2n) is 6.48. The van der Waals surface area contributed by atoms with Crippen LogP contribution in [-0.2, 0) is 4.79 Å². The smallest absolute Gasteiger partial charge is 0.238 e. The molecule has 0 aromatic carbocycles. The number of nitrogens with one attached hydrogen (secondary N) is 2. The van der Waals surface area contributed by atoms with Crippen LogP contribution in [0, 0.1) is 0 Å².